The molecule has 0 saturated heterocycles. The second kappa shape index (κ2) is 7.60. The van der Waals surface area contributed by atoms with Gasteiger partial charge in [-0.15, -0.1) is 0 Å². The largest absolute Gasteiger partial charge is 0.352 e. The number of nitrogens with one attached hydrogen (secondary N) is 3. The molecule has 2 amide bonds. The lowest BCUT2D eigenvalue weighted by atomic mass is 10.1. The second-order valence-electron chi connectivity index (χ2n) is 5.70. The third-order valence-corrected chi connectivity index (χ3v) is 3.87. The number of aromatic amines is 1. The molecule has 3 rings (SSSR count). The summed E-state index contributed by atoms with van der Waals surface area (Å²) >= 11 is 0. The highest BCUT2D eigenvalue weighted by Gasteiger charge is 2.17. The zero-order chi connectivity index (χ0) is 18.5. The molecule has 0 aliphatic heterocycles. The molecule has 2 aromatic carbocycles. The van der Waals surface area contributed by atoms with Gasteiger partial charge < -0.3 is 10.6 Å². The van der Waals surface area contributed by atoms with Gasteiger partial charge in [0.2, 0.25) is 0 Å². The molecule has 1 aromatic heterocycles. The molecule has 0 unspecified atom stereocenters. The molecule has 0 aliphatic rings. The zero-order valence-electron chi connectivity index (χ0n) is 14.2. The van der Waals surface area contributed by atoms with E-state index in [9.17, 15) is 14.4 Å². The second-order valence-corrected chi connectivity index (χ2v) is 5.70. The average Bonchev–Trinajstić information content (AvgIpc) is 2.67. The van der Waals surface area contributed by atoms with Gasteiger partial charge >= 0.3 is 0 Å². The highest BCUT2D eigenvalue weighted by Crippen LogP contribution is 2.18. The van der Waals surface area contributed by atoms with Crippen LogP contribution in [0.5, 0.6) is 0 Å². The topological polar surface area (TPSA) is 104 Å². The third kappa shape index (κ3) is 3.46. The van der Waals surface area contributed by atoms with Crippen LogP contribution < -0.4 is 16.2 Å². The van der Waals surface area contributed by atoms with Gasteiger partial charge in [-0.25, -0.2) is 5.10 Å². The summed E-state index contributed by atoms with van der Waals surface area (Å²) in [7, 11) is 0. The van der Waals surface area contributed by atoms with Crippen molar-refractivity contribution < 1.29 is 9.59 Å². The number of anilines is 1. The number of nitrogens with zero attached hydrogens (tertiary/aromatic N) is 1. The molecule has 0 aliphatic carbocycles. The summed E-state index contributed by atoms with van der Waals surface area (Å²) in [5.74, 6) is -0.768. The Bertz CT molecular complexity index is 1030. The number of aromatic nitrogens is 2. The van der Waals surface area contributed by atoms with Gasteiger partial charge in [0.1, 0.15) is 0 Å². The van der Waals surface area contributed by atoms with E-state index < -0.39 is 5.91 Å². The molecule has 26 heavy (non-hydrogen) atoms. The predicted molar refractivity (Wildman–Crippen MR) is 99.4 cm³/mol. The lowest BCUT2D eigenvalue weighted by Crippen LogP contribution is -2.26. The van der Waals surface area contributed by atoms with Crippen LogP contribution in [-0.2, 0) is 0 Å². The Morgan fingerprint density at radius 1 is 1.00 bits per heavy atom. The fourth-order valence-corrected chi connectivity index (χ4v) is 2.59. The Morgan fingerprint density at radius 3 is 2.46 bits per heavy atom. The monoisotopic (exact) mass is 350 g/mol. The summed E-state index contributed by atoms with van der Waals surface area (Å²) in [6.07, 6.45) is 0.813. The van der Waals surface area contributed by atoms with E-state index in [1.54, 1.807) is 48.5 Å². The number of H-pyrrole nitrogens is 1. The maximum atomic E-state index is 12.7. The minimum absolute atomic E-state index is 0.0870. The Hall–Kier alpha value is -3.48. The van der Waals surface area contributed by atoms with E-state index in [0.717, 1.165) is 6.42 Å². The van der Waals surface area contributed by atoms with Crippen molar-refractivity contribution >= 4 is 28.3 Å². The Kier molecular flexibility index (Phi) is 5.07. The first kappa shape index (κ1) is 17.3. The van der Waals surface area contributed by atoms with Crippen molar-refractivity contribution in [2.45, 2.75) is 13.3 Å². The molecule has 3 N–H and O–H groups in total. The number of para-hydroxylation sites is 1. The standard InChI is InChI=1S/C19H18N4O3/c1-2-11-20-17(24)14-9-5-6-10-15(14)21-19(26)16-12-7-3-4-8-13(12)18(25)23-22-16/h3-10H,2,11H2,1H3,(H,20,24)(H,21,26)(H,23,25). The molecular formula is C19H18N4O3. The number of benzene rings is 2. The van der Waals surface area contributed by atoms with Crippen molar-refractivity contribution in [2.75, 3.05) is 11.9 Å². The van der Waals surface area contributed by atoms with Crippen molar-refractivity contribution in [1.29, 1.82) is 0 Å². The van der Waals surface area contributed by atoms with Gasteiger partial charge in [0.15, 0.2) is 5.69 Å². The summed E-state index contributed by atoms with van der Waals surface area (Å²) in [4.78, 5) is 36.8. The molecular weight excluding hydrogens is 332 g/mol. The fraction of sp³-hybridized carbons (Fsp3) is 0.158. The number of carbonyl (C=O) groups is 2. The van der Waals surface area contributed by atoms with Gasteiger partial charge in [-0.3, -0.25) is 14.4 Å². The molecule has 132 valence electrons. The molecule has 7 heteroatoms. The van der Waals surface area contributed by atoms with Gasteiger partial charge in [-0.1, -0.05) is 37.3 Å². The van der Waals surface area contributed by atoms with E-state index >= 15 is 0 Å². The molecule has 0 bridgehead atoms. The number of hydrogen-bond donors (Lipinski definition) is 3. The first-order valence-corrected chi connectivity index (χ1v) is 8.27. The Labute approximate surface area is 149 Å². The summed E-state index contributed by atoms with van der Waals surface area (Å²) in [5, 5.41) is 12.5. The van der Waals surface area contributed by atoms with E-state index in [1.165, 1.54) is 0 Å². The van der Waals surface area contributed by atoms with Crippen LogP contribution >= 0.6 is 0 Å². The van der Waals surface area contributed by atoms with E-state index in [-0.39, 0.29) is 17.2 Å². The Morgan fingerprint density at radius 2 is 1.69 bits per heavy atom. The van der Waals surface area contributed by atoms with Crippen LogP contribution in [0.2, 0.25) is 0 Å². The van der Waals surface area contributed by atoms with Crippen LogP contribution in [0.1, 0.15) is 34.2 Å². The number of hydrogen-bond acceptors (Lipinski definition) is 4. The molecule has 0 saturated carbocycles. The maximum Gasteiger partial charge on any atom is 0.276 e. The number of amides is 2. The summed E-state index contributed by atoms with van der Waals surface area (Å²) in [6, 6.07) is 13.5. The average molecular weight is 350 g/mol. The predicted octanol–water partition coefficient (Wildman–Crippen LogP) is 2.32. The van der Waals surface area contributed by atoms with Gasteiger partial charge in [0.05, 0.1) is 16.6 Å². The fourth-order valence-electron chi connectivity index (χ4n) is 2.59. The molecule has 3 aromatic rings. The third-order valence-electron chi connectivity index (χ3n) is 3.87. The normalized spacial score (nSPS) is 10.5. The van der Waals surface area contributed by atoms with E-state index in [0.29, 0.717) is 28.6 Å². The molecule has 1 heterocycles. The van der Waals surface area contributed by atoms with Crippen LogP contribution in [0.25, 0.3) is 10.8 Å². The van der Waals surface area contributed by atoms with Gasteiger partial charge in [0.25, 0.3) is 17.4 Å². The maximum absolute atomic E-state index is 12.7. The van der Waals surface area contributed by atoms with Crippen LogP contribution in [0.4, 0.5) is 5.69 Å². The number of fused-ring (bicyclic) bond motifs is 1. The van der Waals surface area contributed by atoms with Gasteiger partial charge in [0, 0.05) is 11.9 Å². The smallest absolute Gasteiger partial charge is 0.276 e. The SMILES string of the molecule is CCCNC(=O)c1ccccc1NC(=O)c1n[nH]c(=O)c2ccccc12. The lowest BCUT2D eigenvalue weighted by Gasteiger charge is -2.11. The number of carbonyl (C=O) groups excluding carboxylic acids is 2. The summed E-state index contributed by atoms with van der Waals surface area (Å²) in [6.45, 7) is 2.51. The molecule has 0 radical (unpaired) electrons. The van der Waals surface area contributed by atoms with Crippen molar-refractivity contribution in [2.24, 2.45) is 0 Å². The molecule has 0 fully saturated rings. The van der Waals surface area contributed by atoms with Gasteiger partial charge in [-0.05, 0) is 24.6 Å². The van der Waals surface area contributed by atoms with E-state index in [1.807, 2.05) is 6.92 Å². The number of rotatable bonds is 5. The summed E-state index contributed by atoms with van der Waals surface area (Å²) in [5.41, 5.74) is 0.465. The molecule has 7 nitrogen and oxygen atoms in total. The highest BCUT2D eigenvalue weighted by atomic mass is 16.2. The van der Waals surface area contributed by atoms with Crippen molar-refractivity contribution in [3.63, 3.8) is 0 Å². The quantitative estimate of drug-likeness (QED) is 0.657. The molecule has 0 spiro atoms. The minimum atomic E-state index is -0.506. The first-order valence-electron chi connectivity index (χ1n) is 8.27. The van der Waals surface area contributed by atoms with Crippen LogP contribution in [0, 0.1) is 0 Å². The van der Waals surface area contributed by atoms with Crippen LogP contribution in [-0.4, -0.2) is 28.6 Å². The zero-order valence-corrected chi connectivity index (χ0v) is 14.2. The lowest BCUT2D eigenvalue weighted by molar-refractivity contribution is 0.0954. The first-order chi connectivity index (χ1) is 12.6. The Balaban J connectivity index is 1.94. The van der Waals surface area contributed by atoms with Crippen molar-refractivity contribution in [3.05, 3.63) is 70.1 Å². The van der Waals surface area contributed by atoms with Gasteiger partial charge in [-0.2, -0.15) is 5.10 Å². The van der Waals surface area contributed by atoms with E-state index in [4.69, 9.17) is 0 Å². The minimum Gasteiger partial charge on any atom is -0.352 e. The van der Waals surface area contributed by atoms with Crippen molar-refractivity contribution in [3.8, 4) is 0 Å². The van der Waals surface area contributed by atoms with Crippen molar-refractivity contribution in [1.82, 2.24) is 15.5 Å². The highest BCUT2D eigenvalue weighted by molar-refractivity contribution is 6.13. The van der Waals surface area contributed by atoms with Crippen LogP contribution in [0.3, 0.4) is 0 Å². The molecule has 0 atom stereocenters. The summed E-state index contributed by atoms with van der Waals surface area (Å²) < 4.78 is 0. The van der Waals surface area contributed by atoms with E-state index in [2.05, 4.69) is 20.8 Å². The van der Waals surface area contributed by atoms with Crippen LogP contribution in [0.15, 0.2) is 53.3 Å².